The van der Waals surface area contributed by atoms with Gasteiger partial charge in [-0.25, -0.2) is 0 Å². The lowest BCUT2D eigenvalue weighted by molar-refractivity contribution is -0.132. The fraction of sp³-hybridized carbons (Fsp3) is 0.333. The molecule has 0 radical (unpaired) electrons. The first-order valence-electron chi connectivity index (χ1n) is 11.9. The van der Waals surface area contributed by atoms with Gasteiger partial charge in [-0.1, -0.05) is 18.2 Å². The molecule has 0 aliphatic carbocycles. The molecular weight excluding hydrogens is 444 g/mol. The first-order chi connectivity index (χ1) is 17.1. The van der Waals surface area contributed by atoms with E-state index in [1.807, 2.05) is 35.4 Å². The molecule has 2 N–H and O–H groups in total. The van der Waals surface area contributed by atoms with Gasteiger partial charge in [-0.05, 0) is 42.7 Å². The summed E-state index contributed by atoms with van der Waals surface area (Å²) in [6.45, 7) is 2.11. The molecule has 0 saturated carbocycles. The van der Waals surface area contributed by atoms with Crippen molar-refractivity contribution in [1.29, 1.82) is 0 Å². The van der Waals surface area contributed by atoms with E-state index in [9.17, 15) is 9.59 Å². The lowest BCUT2D eigenvalue weighted by Crippen LogP contribution is -2.50. The summed E-state index contributed by atoms with van der Waals surface area (Å²) in [6, 6.07) is 13.7. The molecule has 35 heavy (non-hydrogen) atoms. The number of hydrogen-bond donors (Lipinski definition) is 2. The number of amides is 2. The number of piperazine rings is 1. The highest BCUT2D eigenvalue weighted by Gasteiger charge is 2.26. The van der Waals surface area contributed by atoms with Crippen molar-refractivity contribution in [2.24, 2.45) is 0 Å². The van der Waals surface area contributed by atoms with Crippen molar-refractivity contribution < 1.29 is 19.1 Å². The van der Waals surface area contributed by atoms with Crippen LogP contribution in [0.5, 0.6) is 11.5 Å². The van der Waals surface area contributed by atoms with E-state index in [1.54, 1.807) is 25.2 Å². The van der Waals surface area contributed by atoms with Crippen LogP contribution in [0.25, 0.3) is 21.8 Å². The number of H-pyrrole nitrogens is 2. The van der Waals surface area contributed by atoms with Gasteiger partial charge in [0.2, 0.25) is 5.91 Å². The van der Waals surface area contributed by atoms with E-state index in [0.29, 0.717) is 49.8 Å². The summed E-state index contributed by atoms with van der Waals surface area (Å²) >= 11 is 0. The van der Waals surface area contributed by atoms with Gasteiger partial charge < -0.3 is 29.2 Å². The number of carbonyl (C=O) groups is 2. The minimum absolute atomic E-state index is 0.0864. The van der Waals surface area contributed by atoms with Gasteiger partial charge in [0.15, 0.2) is 0 Å². The molecule has 4 aromatic rings. The molecule has 1 saturated heterocycles. The van der Waals surface area contributed by atoms with Gasteiger partial charge in [-0.2, -0.15) is 0 Å². The molecule has 1 aliphatic rings. The molecule has 2 aromatic carbocycles. The number of rotatable bonds is 7. The zero-order chi connectivity index (χ0) is 24.4. The molecular formula is C27H30N4O4. The first-order valence-corrected chi connectivity index (χ1v) is 11.9. The smallest absolute Gasteiger partial charge is 0.270 e. The Morgan fingerprint density at radius 1 is 0.914 bits per heavy atom. The molecule has 8 heteroatoms. The summed E-state index contributed by atoms with van der Waals surface area (Å²) in [5.41, 5.74) is 3.59. The van der Waals surface area contributed by atoms with Gasteiger partial charge in [0.1, 0.15) is 17.2 Å². The fourth-order valence-electron chi connectivity index (χ4n) is 4.89. The van der Waals surface area contributed by atoms with Crippen molar-refractivity contribution in [3.05, 3.63) is 59.9 Å². The van der Waals surface area contributed by atoms with Crippen molar-refractivity contribution >= 4 is 33.6 Å². The molecule has 0 atom stereocenters. The van der Waals surface area contributed by atoms with Gasteiger partial charge in [-0.15, -0.1) is 0 Å². The monoisotopic (exact) mass is 474 g/mol. The van der Waals surface area contributed by atoms with Crippen molar-refractivity contribution in [1.82, 2.24) is 19.8 Å². The predicted molar refractivity (Wildman–Crippen MR) is 135 cm³/mol. The number of aryl methyl sites for hydroxylation is 1. The molecule has 3 heterocycles. The van der Waals surface area contributed by atoms with Crippen molar-refractivity contribution in [2.75, 3.05) is 40.4 Å². The summed E-state index contributed by atoms with van der Waals surface area (Å²) in [5, 5.41) is 2.03. The summed E-state index contributed by atoms with van der Waals surface area (Å²) in [4.78, 5) is 36.1. The molecule has 8 nitrogen and oxygen atoms in total. The number of nitrogens with one attached hydrogen (secondary N) is 2. The Balaban J connectivity index is 1.16. The number of nitrogens with zero attached hydrogens (tertiary/aromatic N) is 2. The number of carbonyl (C=O) groups excluding carboxylic acids is 2. The van der Waals surface area contributed by atoms with Crippen molar-refractivity contribution in [3.63, 3.8) is 0 Å². The maximum absolute atomic E-state index is 13.2. The van der Waals surface area contributed by atoms with E-state index in [-0.39, 0.29) is 11.8 Å². The standard InChI is InChI=1S/C27H30N4O4/c1-34-23-10-11-24(35-2)26-20(23)16-22(29-26)27(33)31-14-12-30(13-15-31)25(32)9-5-6-18-17-28-21-8-4-3-7-19(18)21/h3-4,7-8,10-11,16-17,28-29H,5-6,9,12-15H2,1-2H3. The highest BCUT2D eigenvalue weighted by Crippen LogP contribution is 2.33. The summed E-state index contributed by atoms with van der Waals surface area (Å²) in [7, 11) is 3.20. The molecule has 182 valence electrons. The second-order valence-electron chi connectivity index (χ2n) is 8.83. The third kappa shape index (κ3) is 4.43. The lowest BCUT2D eigenvalue weighted by atomic mass is 10.1. The molecule has 0 spiro atoms. The van der Waals surface area contributed by atoms with Crippen LogP contribution in [0.1, 0.15) is 28.9 Å². The highest BCUT2D eigenvalue weighted by atomic mass is 16.5. The zero-order valence-electron chi connectivity index (χ0n) is 20.1. The normalized spacial score (nSPS) is 14.0. The minimum Gasteiger partial charge on any atom is -0.496 e. The first kappa shape index (κ1) is 22.8. The maximum atomic E-state index is 13.2. The van der Waals surface area contributed by atoms with E-state index in [4.69, 9.17) is 9.47 Å². The predicted octanol–water partition coefficient (Wildman–Crippen LogP) is 3.97. The summed E-state index contributed by atoms with van der Waals surface area (Å²) in [6.07, 6.45) is 4.21. The summed E-state index contributed by atoms with van der Waals surface area (Å²) in [5.74, 6) is 1.40. The van der Waals surface area contributed by atoms with E-state index in [0.717, 1.165) is 29.3 Å². The van der Waals surface area contributed by atoms with Crippen LogP contribution < -0.4 is 9.47 Å². The van der Waals surface area contributed by atoms with E-state index in [2.05, 4.69) is 22.1 Å². The van der Waals surface area contributed by atoms with E-state index >= 15 is 0 Å². The number of fused-ring (bicyclic) bond motifs is 2. The SMILES string of the molecule is COc1ccc(OC)c2[nH]c(C(=O)N3CCN(C(=O)CCCc4c[nH]c5ccccc45)CC3)cc12. The van der Waals surface area contributed by atoms with Crippen LogP contribution in [0.4, 0.5) is 0 Å². The van der Waals surface area contributed by atoms with Crippen molar-refractivity contribution in [3.8, 4) is 11.5 Å². The lowest BCUT2D eigenvalue weighted by Gasteiger charge is -2.34. The molecule has 1 aliphatic heterocycles. The second-order valence-corrected chi connectivity index (χ2v) is 8.83. The minimum atomic E-state index is -0.0864. The Morgan fingerprint density at radius 2 is 1.63 bits per heavy atom. The number of methoxy groups -OCH3 is 2. The van der Waals surface area contributed by atoms with Crippen molar-refractivity contribution in [2.45, 2.75) is 19.3 Å². The third-order valence-corrected chi connectivity index (χ3v) is 6.82. The van der Waals surface area contributed by atoms with Gasteiger partial charge in [-0.3, -0.25) is 9.59 Å². The Bertz CT molecular complexity index is 1320. The van der Waals surface area contributed by atoms with E-state index < -0.39 is 0 Å². The van der Waals surface area contributed by atoms with Crippen LogP contribution >= 0.6 is 0 Å². The number of hydrogen-bond acceptors (Lipinski definition) is 4. The largest absolute Gasteiger partial charge is 0.496 e. The fourth-order valence-corrected chi connectivity index (χ4v) is 4.89. The number of ether oxygens (including phenoxy) is 2. The molecule has 5 rings (SSSR count). The Hall–Kier alpha value is -3.94. The number of aromatic amines is 2. The van der Waals surface area contributed by atoms with Crippen LogP contribution in [0.3, 0.4) is 0 Å². The van der Waals surface area contributed by atoms with Gasteiger partial charge in [0.05, 0.1) is 19.7 Å². The maximum Gasteiger partial charge on any atom is 0.270 e. The zero-order valence-corrected chi connectivity index (χ0v) is 20.1. The quantitative estimate of drug-likeness (QED) is 0.424. The van der Waals surface area contributed by atoms with Gasteiger partial charge >= 0.3 is 0 Å². The summed E-state index contributed by atoms with van der Waals surface area (Å²) < 4.78 is 10.9. The average Bonchev–Trinajstić information content (AvgIpc) is 3.53. The highest BCUT2D eigenvalue weighted by molar-refractivity contribution is 6.01. The number of aromatic nitrogens is 2. The molecule has 2 aromatic heterocycles. The van der Waals surface area contributed by atoms with Gasteiger partial charge in [0, 0.05) is 55.1 Å². The average molecular weight is 475 g/mol. The Kier molecular flexibility index (Phi) is 6.35. The Morgan fingerprint density at radius 3 is 2.40 bits per heavy atom. The molecule has 1 fully saturated rings. The van der Waals surface area contributed by atoms with Crippen LogP contribution in [0.2, 0.25) is 0 Å². The van der Waals surface area contributed by atoms with E-state index in [1.165, 1.54) is 10.9 Å². The Labute approximate surface area is 203 Å². The van der Waals surface area contributed by atoms with Crippen LogP contribution in [0, 0.1) is 0 Å². The number of benzene rings is 2. The second kappa shape index (κ2) is 9.74. The van der Waals surface area contributed by atoms with Gasteiger partial charge in [0.25, 0.3) is 5.91 Å². The number of para-hydroxylation sites is 1. The topological polar surface area (TPSA) is 90.7 Å². The third-order valence-electron chi connectivity index (χ3n) is 6.82. The molecule has 0 unspecified atom stereocenters. The molecule has 2 amide bonds. The van der Waals surface area contributed by atoms with Crippen LogP contribution in [-0.2, 0) is 11.2 Å². The molecule has 0 bridgehead atoms. The van der Waals surface area contributed by atoms with Crippen LogP contribution in [0.15, 0.2) is 48.7 Å². The van der Waals surface area contributed by atoms with Crippen LogP contribution in [-0.4, -0.2) is 72.0 Å².